The summed E-state index contributed by atoms with van der Waals surface area (Å²) in [5.74, 6) is 1.01. The zero-order valence-corrected chi connectivity index (χ0v) is 13.9. The first-order valence-electron chi connectivity index (χ1n) is 7.98. The fraction of sp³-hybridized carbons (Fsp3) is 0.158. The van der Waals surface area contributed by atoms with E-state index in [1.807, 2.05) is 6.07 Å². The van der Waals surface area contributed by atoms with Gasteiger partial charge in [0.15, 0.2) is 11.5 Å². The minimum Gasteiger partial charge on any atom is -0.508 e. The summed E-state index contributed by atoms with van der Waals surface area (Å²) in [7, 11) is 0. The number of nitrogens with one attached hydrogen (secondary N) is 2. The highest BCUT2D eigenvalue weighted by Crippen LogP contribution is 2.34. The molecule has 0 spiro atoms. The van der Waals surface area contributed by atoms with Crippen molar-refractivity contribution in [3.05, 3.63) is 59.8 Å². The lowest BCUT2D eigenvalue weighted by atomic mass is 10.1. The van der Waals surface area contributed by atoms with Crippen LogP contribution in [0.1, 0.15) is 5.56 Å². The fourth-order valence-electron chi connectivity index (χ4n) is 2.37. The Kier molecular flexibility index (Phi) is 5.25. The Morgan fingerprint density at radius 3 is 2.73 bits per heavy atom. The van der Waals surface area contributed by atoms with Crippen LogP contribution in [0.2, 0.25) is 0 Å². The third kappa shape index (κ3) is 4.24. The second kappa shape index (κ2) is 7.94. The van der Waals surface area contributed by atoms with Crippen molar-refractivity contribution >= 4 is 11.6 Å². The number of nitriles is 1. The average molecular weight is 351 g/mol. The lowest BCUT2D eigenvalue weighted by molar-refractivity contribution is -0.117. The van der Waals surface area contributed by atoms with Gasteiger partial charge in [-0.05, 0) is 36.2 Å². The molecular formula is C19H17N3O4. The number of anilines is 1. The quantitative estimate of drug-likeness (QED) is 0.545. The van der Waals surface area contributed by atoms with Crippen molar-refractivity contribution in [1.29, 1.82) is 5.26 Å². The Labute approximate surface area is 150 Å². The van der Waals surface area contributed by atoms with Crippen molar-refractivity contribution in [1.82, 2.24) is 5.32 Å². The van der Waals surface area contributed by atoms with E-state index in [0.717, 1.165) is 5.56 Å². The number of aromatic hydroxyl groups is 1. The molecule has 0 radical (unpaired) electrons. The van der Waals surface area contributed by atoms with Gasteiger partial charge >= 0.3 is 0 Å². The van der Waals surface area contributed by atoms with Gasteiger partial charge in [-0.1, -0.05) is 12.1 Å². The van der Waals surface area contributed by atoms with Crippen LogP contribution < -0.4 is 20.1 Å². The predicted molar refractivity (Wildman–Crippen MR) is 94.7 cm³/mol. The normalized spacial score (nSPS) is 12.3. The Morgan fingerprint density at radius 2 is 1.96 bits per heavy atom. The summed E-state index contributed by atoms with van der Waals surface area (Å²) >= 11 is 0. The van der Waals surface area contributed by atoms with Crippen molar-refractivity contribution in [3.8, 4) is 23.3 Å². The summed E-state index contributed by atoms with van der Waals surface area (Å²) in [5.41, 5.74) is 1.62. The number of hydrogen-bond acceptors (Lipinski definition) is 6. The summed E-state index contributed by atoms with van der Waals surface area (Å²) in [6.07, 6.45) is 1.95. The Bertz CT molecular complexity index is 869. The molecule has 0 unspecified atom stereocenters. The van der Waals surface area contributed by atoms with Gasteiger partial charge in [-0.25, -0.2) is 0 Å². The van der Waals surface area contributed by atoms with Crippen LogP contribution in [0.25, 0.3) is 0 Å². The van der Waals surface area contributed by atoms with Gasteiger partial charge in [0, 0.05) is 24.5 Å². The minimum atomic E-state index is -0.459. The van der Waals surface area contributed by atoms with Gasteiger partial charge in [-0.3, -0.25) is 4.79 Å². The Hall–Kier alpha value is -3.66. The van der Waals surface area contributed by atoms with Crippen LogP contribution in [0.15, 0.2) is 54.2 Å². The third-order valence-electron chi connectivity index (χ3n) is 3.76. The molecule has 1 aliphatic heterocycles. The lowest BCUT2D eigenvalue weighted by Crippen LogP contribution is -2.27. The largest absolute Gasteiger partial charge is 0.508 e. The topological polar surface area (TPSA) is 104 Å². The van der Waals surface area contributed by atoms with E-state index in [2.05, 4.69) is 10.6 Å². The number of carbonyl (C=O) groups is 1. The predicted octanol–water partition coefficient (Wildman–Crippen LogP) is 2.30. The van der Waals surface area contributed by atoms with Crippen LogP contribution in [0.3, 0.4) is 0 Å². The van der Waals surface area contributed by atoms with E-state index in [0.29, 0.717) is 30.2 Å². The molecule has 0 aromatic heterocycles. The van der Waals surface area contributed by atoms with Gasteiger partial charge in [0.05, 0.1) is 0 Å². The van der Waals surface area contributed by atoms with Gasteiger partial charge in [0.2, 0.25) is 6.79 Å². The first-order valence-corrected chi connectivity index (χ1v) is 7.98. The second-order valence-corrected chi connectivity index (χ2v) is 5.55. The SMILES string of the molecule is N#C/C(=C/Nc1ccc2c(c1)OCO2)C(=O)NCCc1ccc(O)cc1. The van der Waals surface area contributed by atoms with Gasteiger partial charge in [-0.2, -0.15) is 5.26 Å². The number of nitrogens with zero attached hydrogens (tertiary/aromatic N) is 1. The molecule has 7 nitrogen and oxygen atoms in total. The van der Waals surface area contributed by atoms with Crippen LogP contribution in [0, 0.1) is 11.3 Å². The number of phenolic OH excluding ortho intramolecular Hbond substituents is 1. The molecule has 132 valence electrons. The van der Waals surface area contributed by atoms with Crippen LogP contribution in [0.4, 0.5) is 5.69 Å². The van der Waals surface area contributed by atoms with Gasteiger partial charge in [0.1, 0.15) is 17.4 Å². The van der Waals surface area contributed by atoms with Crippen molar-refractivity contribution < 1.29 is 19.4 Å². The van der Waals surface area contributed by atoms with Crippen molar-refractivity contribution in [2.24, 2.45) is 0 Å². The maximum absolute atomic E-state index is 12.1. The fourth-order valence-corrected chi connectivity index (χ4v) is 2.37. The molecule has 0 atom stereocenters. The molecular weight excluding hydrogens is 334 g/mol. The maximum atomic E-state index is 12.1. The van der Waals surface area contributed by atoms with Crippen molar-refractivity contribution in [2.75, 3.05) is 18.7 Å². The number of fused-ring (bicyclic) bond motifs is 1. The Morgan fingerprint density at radius 1 is 1.19 bits per heavy atom. The summed E-state index contributed by atoms with van der Waals surface area (Å²) in [5, 5.41) is 24.0. The maximum Gasteiger partial charge on any atom is 0.263 e. The summed E-state index contributed by atoms with van der Waals surface area (Å²) < 4.78 is 10.5. The monoisotopic (exact) mass is 351 g/mol. The van der Waals surface area contributed by atoms with E-state index in [4.69, 9.17) is 9.47 Å². The molecule has 0 saturated heterocycles. The van der Waals surface area contributed by atoms with Crippen LogP contribution in [-0.4, -0.2) is 24.4 Å². The number of hydrogen-bond donors (Lipinski definition) is 3. The highest BCUT2D eigenvalue weighted by Gasteiger charge is 2.13. The molecule has 0 fully saturated rings. The third-order valence-corrected chi connectivity index (χ3v) is 3.76. The molecule has 0 aliphatic carbocycles. The smallest absolute Gasteiger partial charge is 0.263 e. The molecule has 1 amide bonds. The molecule has 3 N–H and O–H groups in total. The second-order valence-electron chi connectivity index (χ2n) is 5.55. The molecule has 3 rings (SSSR count). The van der Waals surface area contributed by atoms with Gasteiger partial charge in [0.25, 0.3) is 5.91 Å². The molecule has 0 bridgehead atoms. The summed E-state index contributed by atoms with van der Waals surface area (Å²) in [6, 6.07) is 13.9. The average Bonchev–Trinajstić information content (AvgIpc) is 3.11. The summed E-state index contributed by atoms with van der Waals surface area (Å²) in [6.45, 7) is 0.564. The van der Waals surface area contributed by atoms with Crippen molar-refractivity contribution in [3.63, 3.8) is 0 Å². The van der Waals surface area contributed by atoms with Crippen LogP contribution in [0.5, 0.6) is 17.2 Å². The van der Waals surface area contributed by atoms with Crippen LogP contribution in [-0.2, 0) is 11.2 Å². The highest BCUT2D eigenvalue weighted by atomic mass is 16.7. The molecule has 2 aromatic rings. The molecule has 26 heavy (non-hydrogen) atoms. The standard InChI is InChI=1S/C19H17N3O4/c20-10-14(11-22-15-3-6-17-18(9-15)26-12-25-17)19(24)21-8-7-13-1-4-16(23)5-2-13/h1-6,9,11,22-23H,7-8,12H2,(H,21,24)/b14-11-. The van der Waals surface area contributed by atoms with E-state index >= 15 is 0 Å². The van der Waals surface area contributed by atoms with Crippen LogP contribution >= 0.6 is 0 Å². The highest BCUT2D eigenvalue weighted by molar-refractivity contribution is 5.97. The van der Waals surface area contributed by atoms with Gasteiger partial charge in [-0.15, -0.1) is 0 Å². The van der Waals surface area contributed by atoms with E-state index in [1.54, 1.807) is 42.5 Å². The zero-order valence-electron chi connectivity index (χ0n) is 13.9. The van der Waals surface area contributed by atoms with E-state index in [1.165, 1.54) is 6.20 Å². The number of amides is 1. The minimum absolute atomic E-state index is 0.0339. The van der Waals surface area contributed by atoms with E-state index < -0.39 is 5.91 Å². The molecule has 1 aliphatic rings. The molecule has 2 aromatic carbocycles. The van der Waals surface area contributed by atoms with E-state index in [-0.39, 0.29) is 18.1 Å². The zero-order chi connectivity index (χ0) is 18.4. The summed E-state index contributed by atoms with van der Waals surface area (Å²) in [4.78, 5) is 12.1. The van der Waals surface area contributed by atoms with Gasteiger partial charge < -0.3 is 25.2 Å². The number of phenols is 1. The Balaban J connectivity index is 1.53. The first kappa shape index (κ1) is 17.2. The van der Waals surface area contributed by atoms with E-state index in [9.17, 15) is 15.2 Å². The molecule has 1 heterocycles. The molecule has 7 heteroatoms. The first-order chi connectivity index (χ1) is 12.7. The number of carbonyl (C=O) groups excluding carboxylic acids is 1. The lowest BCUT2D eigenvalue weighted by Gasteiger charge is -2.06. The van der Waals surface area contributed by atoms with Crippen molar-refractivity contribution in [2.45, 2.75) is 6.42 Å². The number of ether oxygens (including phenoxy) is 2. The number of benzene rings is 2. The molecule has 0 saturated carbocycles. The number of rotatable bonds is 6.